The van der Waals surface area contributed by atoms with Gasteiger partial charge in [0.25, 0.3) is 0 Å². The number of carboxylic acids is 1. The van der Waals surface area contributed by atoms with Crippen LogP contribution in [0.15, 0.2) is 42.7 Å². The van der Waals surface area contributed by atoms with Crippen LogP contribution in [-0.4, -0.2) is 26.0 Å². The summed E-state index contributed by atoms with van der Waals surface area (Å²) in [4.78, 5) is 25.6. The third kappa shape index (κ3) is 4.49. The van der Waals surface area contributed by atoms with Crippen molar-refractivity contribution in [2.24, 2.45) is 0 Å². The number of aromatic nitrogens is 3. The molecule has 6 nitrogen and oxygen atoms in total. The molecule has 2 N–H and O–H groups in total. The van der Waals surface area contributed by atoms with Crippen LogP contribution < -0.4 is 5.32 Å². The zero-order valence-electron chi connectivity index (χ0n) is 15.6. The number of aliphatic carboxylic acids is 1. The number of pyridine rings is 2. The molecule has 0 bridgehead atoms. The van der Waals surface area contributed by atoms with Gasteiger partial charge in [-0.2, -0.15) is 0 Å². The monoisotopic (exact) mass is 382 g/mol. The van der Waals surface area contributed by atoms with Crippen LogP contribution in [0.25, 0.3) is 10.6 Å². The van der Waals surface area contributed by atoms with Gasteiger partial charge < -0.3 is 10.4 Å². The maximum atomic E-state index is 11.2. The summed E-state index contributed by atoms with van der Waals surface area (Å²) in [6.45, 7) is 5.94. The van der Waals surface area contributed by atoms with Gasteiger partial charge in [-0.1, -0.05) is 19.9 Å². The number of hydrogen-bond acceptors (Lipinski definition) is 6. The standard InChI is InChI=1S/C20H22N4O2S/c1-4-20(3,11-18(25)26)19-22-12-15(27-19)14-6-5-7-16(23-14)24-17-10-13(2)8-9-21-17/h5-10,12H,4,11H2,1-3H3,(H,25,26)(H,21,23,24). The van der Waals surface area contributed by atoms with Gasteiger partial charge in [0.05, 0.1) is 22.0 Å². The van der Waals surface area contributed by atoms with Gasteiger partial charge in [-0.05, 0) is 43.2 Å². The summed E-state index contributed by atoms with van der Waals surface area (Å²) in [5, 5.41) is 13.2. The number of anilines is 2. The number of nitrogens with zero attached hydrogens (tertiary/aromatic N) is 3. The number of thiazole rings is 1. The van der Waals surface area contributed by atoms with E-state index in [9.17, 15) is 9.90 Å². The fraction of sp³-hybridized carbons (Fsp3) is 0.300. The van der Waals surface area contributed by atoms with Crippen LogP contribution in [-0.2, 0) is 10.2 Å². The summed E-state index contributed by atoms with van der Waals surface area (Å²) < 4.78 is 0. The number of rotatable bonds is 7. The summed E-state index contributed by atoms with van der Waals surface area (Å²) >= 11 is 1.50. The van der Waals surface area contributed by atoms with E-state index in [2.05, 4.69) is 20.3 Å². The Morgan fingerprint density at radius 1 is 1.26 bits per heavy atom. The van der Waals surface area contributed by atoms with Crippen molar-refractivity contribution < 1.29 is 9.90 Å². The molecule has 0 saturated carbocycles. The van der Waals surface area contributed by atoms with Crippen LogP contribution in [0.2, 0.25) is 0 Å². The largest absolute Gasteiger partial charge is 0.481 e. The van der Waals surface area contributed by atoms with E-state index in [-0.39, 0.29) is 6.42 Å². The van der Waals surface area contributed by atoms with Crippen LogP contribution in [0, 0.1) is 6.92 Å². The van der Waals surface area contributed by atoms with E-state index in [4.69, 9.17) is 0 Å². The molecule has 3 aromatic rings. The van der Waals surface area contributed by atoms with Crippen LogP contribution in [0.3, 0.4) is 0 Å². The van der Waals surface area contributed by atoms with Crippen molar-refractivity contribution in [3.8, 4) is 10.6 Å². The minimum Gasteiger partial charge on any atom is -0.481 e. The summed E-state index contributed by atoms with van der Waals surface area (Å²) in [6, 6.07) is 9.63. The van der Waals surface area contributed by atoms with E-state index >= 15 is 0 Å². The fourth-order valence-electron chi connectivity index (χ4n) is 2.73. The van der Waals surface area contributed by atoms with Crippen molar-refractivity contribution >= 4 is 28.9 Å². The predicted molar refractivity (Wildman–Crippen MR) is 107 cm³/mol. The molecule has 0 aliphatic heterocycles. The Morgan fingerprint density at radius 2 is 2.07 bits per heavy atom. The van der Waals surface area contributed by atoms with Crippen molar-refractivity contribution in [3.05, 3.63) is 53.3 Å². The minimum absolute atomic E-state index is 0.0600. The Morgan fingerprint density at radius 3 is 2.78 bits per heavy atom. The lowest BCUT2D eigenvalue weighted by atomic mass is 9.85. The first-order chi connectivity index (χ1) is 12.9. The van der Waals surface area contributed by atoms with E-state index in [1.165, 1.54) is 11.3 Å². The first kappa shape index (κ1) is 19.0. The molecular weight excluding hydrogens is 360 g/mol. The Bertz CT molecular complexity index is 956. The Kier molecular flexibility index (Phi) is 5.51. The molecule has 0 aliphatic rings. The molecular formula is C20H22N4O2S. The number of carboxylic acid groups (broad SMARTS) is 1. The lowest BCUT2D eigenvalue weighted by Gasteiger charge is -2.23. The maximum absolute atomic E-state index is 11.2. The molecule has 3 heterocycles. The second-order valence-electron chi connectivity index (χ2n) is 6.77. The van der Waals surface area contributed by atoms with E-state index in [0.717, 1.165) is 27.0 Å². The fourth-order valence-corrected chi connectivity index (χ4v) is 3.83. The first-order valence-corrected chi connectivity index (χ1v) is 9.56. The van der Waals surface area contributed by atoms with Crippen molar-refractivity contribution in [2.75, 3.05) is 5.32 Å². The van der Waals surface area contributed by atoms with E-state index in [1.807, 2.05) is 51.1 Å². The number of carbonyl (C=O) groups is 1. The third-order valence-corrected chi connectivity index (χ3v) is 5.84. The Balaban J connectivity index is 1.85. The van der Waals surface area contributed by atoms with E-state index < -0.39 is 11.4 Å². The highest BCUT2D eigenvalue weighted by Crippen LogP contribution is 2.37. The first-order valence-electron chi connectivity index (χ1n) is 8.75. The molecule has 0 spiro atoms. The zero-order chi connectivity index (χ0) is 19.4. The van der Waals surface area contributed by atoms with Gasteiger partial charge in [-0.25, -0.2) is 15.0 Å². The van der Waals surface area contributed by atoms with Crippen LogP contribution in [0.1, 0.15) is 37.3 Å². The molecule has 7 heteroatoms. The average Bonchev–Trinajstić information content (AvgIpc) is 3.12. The van der Waals surface area contributed by atoms with Gasteiger partial charge in [0, 0.05) is 17.8 Å². The molecule has 27 heavy (non-hydrogen) atoms. The summed E-state index contributed by atoms with van der Waals surface area (Å²) in [5.74, 6) is 0.625. The molecule has 3 aromatic heterocycles. The minimum atomic E-state index is -0.814. The zero-order valence-corrected chi connectivity index (χ0v) is 16.4. The molecule has 0 amide bonds. The molecule has 0 saturated heterocycles. The van der Waals surface area contributed by atoms with Gasteiger partial charge in [0.15, 0.2) is 0 Å². The Hall–Kier alpha value is -2.80. The number of aryl methyl sites for hydroxylation is 1. The molecule has 3 rings (SSSR count). The summed E-state index contributed by atoms with van der Waals surface area (Å²) in [7, 11) is 0. The third-order valence-electron chi connectivity index (χ3n) is 4.52. The lowest BCUT2D eigenvalue weighted by Crippen LogP contribution is -2.24. The predicted octanol–water partition coefficient (Wildman–Crippen LogP) is 4.79. The van der Waals surface area contributed by atoms with Crippen LogP contribution in [0.5, 0.6) is 0 Å². The van der Waals surface area contributed by atoms with Crippen molar-refractivity contribution in [2.45, 2.75) is 39.0 Å². The van der Waals surface area contributed by atoms with Gasteiger partial charge in [0.1, 0.15) is 11.6 Å². The van der Waals surface area contributed by atoms with E-state index in [0.29, 0.717) is 12.2 Å². The topological polar surface area (TPSA) is 88.0 Å². The molecule has 140 valence electrons. The second-order valence-corrected chi connectivity index (χ2v) is 7.80. The highest BCUT2D eigenvalue weighted by molar-refractivity contribution is 7.15. The highest BCUT2D eigenvalue weighted by Gasteiger charge is 2.31. The molecule has 1 unspecified atom stereocenters. The van der Waals surface area contributed by atoms with Gasteiger partial charge in [-0.3, -0.25) is 4.79 Å². The SMILES string of the molecule is CCC(C)(CC(=O)O)c1ncc(-c2cccc(Nc3cc(C)ccn3)n2)s1. The maximum Gasteiger partial charge on any atom is 0.304 e. The molecule has 1 atom stereocenters. The quantitative estimate of drug-likeness (QED) is 0.610. The summed E-state index contributed by atoms with van der Waals surface area (Å²) in [5.41, 5.74) is 1.44. The average molecular weight is 382 g/mol. The van der Waals surface area contributed by atoms with Gasteiger partial charge >= 0.3 is 5.97 Å². The molecule has 0 aromatic carbocycles. The van der Waals surface area contributed by atoms with Crippen molar-refractivity contribution in [3.63, 3.8) is 0 Å². The van der Waals surface area contributed by atoms with Gasteiger partial charge in [0.2, 0.25) is 0 Å². The Labute approximate surface area is 162 Å². The van der Waals surface area contributed by atoms with Crippen molar-refractivity contribution in [1.29, 1.82) is 0 Å². The smallest absolute Gasteiger partial charge is 0.304 e. The normalized spacial score (nSPS) is 13.1. The van der Waals surface area contributed by atoms with Gasteiger partial charge in [-0.15, -0.1) is 11.3 Å². The highest BCUT2D eigenvalue weighted by atomic mass is 32.1. The van der Waals surface area contributed by atoms with Crippen LogP contribution >= 0.6 is 11.3 Å². The van der Waals surface area contributed by atoms with E-state index in [1.54, 1.807) is 12.4 Å². The lowest BCUT2D eigenvalue weighted by molar-refractivity contribution is -0.138. The molecule has 0 radical (unpaired) electrons. The second kappa shape index (κ2) is 7.84. The van der Waals surface area contributed by atoms with Crippen LogP contribution in [0.4, 0.5) is 11.6 Å². The summed E-state index contributed by atoms with van der Waals surface area (Å²) in [6.07, 6.45) is 4.29. The number of nitrogens with one attached hydrogen (secondary N) is 1. The van der Waals surface area contributed by atoms with Crippen molar-refractivity contribution in [1.82, 2.24) is 15.0 Å². The molecule has 0 fully saturated rings. The molecule has 0 aliphatic carbocycles. The number of hydrogen-bond donors (Lipinski definition) is 2.